The number of aliphatic carboxylic acids is 6. The number of hydrogen-bond donors (Lipinski definition) is 16. The number of hydrogen-bond acceptors (Lipinski definition) is 17. The number of rotatable bonds is 29. The maximum atomic E-state index is 12.9. The van der Waals surface area contributed by atoms with E-state index in [1.165, 1.54) is 12.1 Å². The number of benzene rings is 1. The van der Waals surface area contributed by atoms with Crippen LogP contribution in [0, 0.1) is 0 Å². The van der Waals surface area contributed by atoms with Crippen LogP contribution in [-0.4, -0.2) is 155 Å². The molecular weight excluding hydrogens is 910 g/mol. The molecule has 0 radical (unpaired) electrons. The monoisotopic (exact) mass is 961 g/mol. The van der Waals surface area contributed by atoms with Crippen LogP contribution in [0.2, 0.25) is 0 Å². The van der Waals surface area contributed by atoms with Crippen molar-refractivity contribution in [2.75, 3.05) is 34.8 Å². The minimum atomic E-state index is -1.73. The molecule has 5 amide bonds. The molecule has 1 aliphatic heterocycles. The number of carboxylic acid groups (broad SMARTS) is 6. The van der Waals surface area contributed by atoms with Gasteiger partial charge in [-0.15, -0.1) is 0 Å². The van der Waals surface area contributed by atoms with Gasteiger partial charge in [-0.1, -0.05) is 0 Å². The third kappa shape index (κ3) is 18.2. The molecule has 17 N–H and O–H groups in total. The number of nitrogens with two attached hydrogens (primary N) is 1. The number of carboxylic acids is 6. The summed E-state index contributed by atoms with van der Waals surface area (Å²) >= 11 is 0. The van der Waals surface area contributed by atoms with Gasteiger partial charge in [0.15, 0.2) is 5.82 Å². The molecule has 370 valence electrons. The lowest BCUT2D eigenvalue weighted by Crippen LogP contribution is -2.46. The van der Waals surface area contributed by atoms with E-state index in [9.17, 15) is 83.1 Å². The number of nitrogens with zero attached hydrogens (tertiary/aromatic N) is 1. The van der Waals surface area contributed by atoms with Gasteiger partial charge in [0, 0.05) is 56.4 Å². The summed E-state index contributed by atoms with van der Waals surface area (Å²) in [6.45, 7) is 0.743. The van der Waals surface area contributed by atoms with Gasteiger partial charge in [-0.3, -0.25) is 38.5 Å². The van der Waals surface area contributed by atoms with E-state index in [0.29, 0.717) is 24.6 Å². The zero-order chi connectivity index (χ0) is 50.7. The van der Waals surface area contributed by atoms with Gasteiger partial charge in [-0.2, -0.15) is 4.98 Å². The van der Waals surface area contributed by atoms with E-state index < -0.39 is 165 Å². The second kappa shape index (κ2) is 25.8. The summed E-state index contributed by atoms with van der Waals surface area (Å²) in [6, 6.07) is -2.60. The summed E-state index contributed by atoms with van der Waals surface area (Å²) in [5, 5.41) is 76.2. The maximum Gasteiger partial charge on any atom is 0.326 e. The van der Waals surface area contributed by atoms with Crippen molar-refractivity contribution >= 4 is 88.5 Å². The molecule has 68 heavy (non-hydrogen) atoms. The zero-order valence-electron chi connectivity index (χ0n) is 35.9. The van der Waals surface area contributed by atoms with E-state index in [1.54, 1.807) is 12.1 Å². The number of nitrogen functional groups attached to an aromatic ring is 1. The molecule has 0 saturated carbocycles. The van der Waals surface area contributed by atoms with Crippen molar-refractivity contribution in [3.8, 4) is 0 Å². The van der Waals surface area contributed by atoms with Crippen molar-refractivity contribution in [3.63, 3.8) is 0 Å². The first-order chi connectivity index (χ1) is 32.0. The second-order valence-electron chi connectivity index (χ2n) is 15.1. The fourth-order valence-electron chi connectivity index (χ4n) is 6.30. The van der Waals surface area contributed by atoms with Crippen LogP contribution in [0.15, 0.2) is 29.1 Å². The third-order valence-corrected chi connectivity index (χ3v) is 9.93. The lowest BCUT2D eigenvalue weighted by Gasteiger charge is -2.27. The standard InChI is InChI=1S/C39H51N11O18/c40-39-49-31-30(33(58)50-39)43-19(16-42-31)15-41-18-3-1-17(2-4-18)32(57)48-24(38(67)68)8-13-28(54)46-22(36(63)64)6-11-26(52)44-20(34(59)60)5-10-25(51)45-21(35(61)62)7-12-27(53)47-23(37(65)66)9-14-29(55)56/h1-4,19-24,41,43H,5-16H2,(H,44,52)(H,45,51)(H,46,54)(H,47,53)(H,48,57)(H,55,56)(H,59,60)(H,61,62)(H,63,64)(H,65,66)(H,67,68)(H4,40,42,49,50,58)/t19-,20-,21-,22-,23-,24-/m0/s1. The van der Waals surface area contributed by atoms with Crippen LogP contribution in [0.25, 0.3) is 0 Å². The lowest BCUT2D eigenvalue weighted by molar-refractivity contribution is -0.144. The average molecular weight is 962 g/mol. The quantitative estimate of drug-likeness (QED) is 0.0389. The number of carbonyl (C=O) groups excluding carboxylic acids is 5. The topological polar surface area (TPSA) is 477 Å². The lowest BCUT2D eigenvalue weighted by atomic mass is 10.1. The Morgan fingerprint density at radius 2 is 0.971 bits per heavy atom. The van der Waals surface area contributed by atoms with Crippen LogP contribution in [0.4, 0.5) is 23.1 Å². The fourth-order valence-corrected chi connectivity index (χ4v) is 6.30. The molecule has 2 heterocycles. The number of aromatic amines is 1. The molecule has 6 atom stereocenters. The summed E-state index contributed by atoms with van der Waals surface area (Å²) in [5.74, 6) is -13.6. The molecule has 0 spiro atoms. The van der Waals surface area contributed by atoms with Crippen LogP contribution >= 0.6 is 0 Å². The highest BCUT2D eigenvalue weighted by atomic mass is 16.4. The van der Waals surface area contributed by atoms with Crippen molar-refractivity contribution in [2.45, 2.75) is 100 Å². The van der Waals surface area contributed by atoms with E-state index in [4.69, 9.17) is 10.8 Å². The number of nitrogens with one attached hydrogen (secondary N) is 9. The van der Waals surface area contributed by atoms with E-state index in [0.717, 1.165) is 0 Å². The Morgan fingerprint density at radius 1 is 0.588 bits per heavy atom. The Hall–Kier alpha value is -8.53. The van der Waals surface area contributed by atoms with Crippen molar-refractivity contribution in [1.82, 2.24) is 36.6 Å². The van der Waals surface area contributed by atoms with Crippen molar-refractivity contribution < 1.29 is 83.4 Å². The third-order valence-electron chi connectivity index (χ3n) is 9.93. The smallest absolute Gasteiger partial charge is 0.326 e. The highest BCUT2D eigenvalue weighted by Gasteiger charge is 2.29. The summed E-state index contributed by atoms with van der Waals surface area (Å²) in [4.78, 5) is 151. The van der Waals surface area contributed by atoms with Gasteiger partial charge in [-0.05, 0) is 56.4 Å². The Balaban J connectivity index is 1.43. The van der Waals surface area contributed by atoms with Crippen LogP contribution < -0.4 is 53.8 Å². The Labute approximate surface area is 383 Å². The molecule has 29 nitrogen and oxygen atoms in total. The molecule has 1 aromatic heterocycles. The molecule has 1 aliphatic rings. The second-order valence-corrected chi connectivity index (χ2v) is 15.1. The molecule has 2 aromatic rings. The van der Waals surface area contributed by atoms with E-state index >= 15 is 0 Å². The number of H-pyrrole nitrogens is 1. The first kappa shape index (κ1) is 53.8. The SMILES string of the molecule is Nc1nc2c(c(=O)[nH]1)N[C@@H](CNc1ccc(C(=O)N[C@@H](CCC(=O)N[C@@H](CCC(=O)N[C@@H](CCC(=O)N[C@@H](CCC(=O)N[C@@H](CCC(=O)O)C(=O)O)C(=O)O)C(=O)O)C(=O)O)C(=O)O)cc1)CN2. The Bertz CT molecular complexity index is 2290. The van der Waals surface area contributed by atoms with Gasteiger partial charge >= 0.3 is 35.8 Å². The molecule has 0 bridgehead atoms. The minimum Gasteiger partial charge on any atom is -0.481 e. The molecule has 0 aliphatic carbocycles. The summed E-state index contributed by atoms with van der Waals surface area (Å²) < 4.78 is 0. The largest absolute Gasteiger partial charge is 0.481 e. The van der Waals surface area contributed by atoms with E-state index in [-0.39, 0.29) is 23.2 Å². The predicted molar refractivity (Wildman–Crippen MR) is 231 cm³/mol. The first-order valence-electron chi connectivity index (χ1n) is 20.6. The normalized spacial score (nSPS) is 14.8. The molecule has 3 rings (SSSR count). The van der Waals surface area contributed by atoms with Gasteiger partial charge in [0.05, 0.1) is 6.04 Å². The number of aromatic nitrogens is 2. The van der Waals surface area contributed by atoms with Gasteiger partial charge in [0.25, 0.3) is 11.5 Å². The number of fused-ring (bicyclic) bond motifs is 1. The maximum absolute atomic E-state index is 12.9. The van der Waals surface area contributed by atoms with Crippen LogP contribution in [-0.2, 0) is 47.9 Å². The fraction of sp³-hybridized carbons (Fsp3) is 0.462. The highest BCUT2D eigenvalue weighted by Crippen LogP contribution is 2.20. The predicted octanol–water partition coefficient (Wildman–Crippen LogP) is -2.88. The molecule has 0 saturated heterocycles. The van der Waals surface area contributed by atoms with Crippen LogP contribution in [0.5, 0.6) is 0 Å². The van der Waals surface area contributed by atoms with Crippen LogP contribution in [0.3, 0.4) is 0 Å². The summed E-state index contributed by atoms with van der Waals surface area (Å²) in [5.41, 5.74) is 5.99. The van der Waals surface area contributed by atoms with Gasteiger partial charge in [0.1, 0.15) is 35.9 Å². The van der Waals surface area contributed by atoms with Crippen molar-refractivity contribution in [3.05, 3.63) is 40.2 Å². The average Bonchev–Trinajstić information content (AvgIpc) is 3.26. The first-order valence-corrected chi connectivity index (χ1v) is 20.6. The number of amides is 5. The molecule has 1 aromatic carbocycles. The van der Waals surface area contributed by atoms with Crippen molar-refractivity contribution in [1.29, 1.82) is 0 Å². The van der Waals surface area contributed by atoms with Gasteiger partial charge in [0.2, 0.25) is 29.6 Å². The highest BCUT2D eigenvalue weighted by molar-refractivity contribution is 5.97. The van der Waals surface area contributed by atoms with Gasteiger partial charge in [-0.25, -0.2) is 24.0 Å². The molecule has 0 unspecified atom stereocenters. The zero-order valence-corrected chi connectivity index (χ0v) is 35.9. The number of anilines is 4. The van der Waals surface area contributed by atoms with E-state index in [2.05, 4.69) is 47.2 Å². The summed E-state index contributed by atoms with van der Waals surface area (Å²) in [6.07, 6.45) is -5.71. The van der Waals surface area contributed by atoms with Crippen molar-refractivity contribution in [2.24, 2.45) is 0 Å². The Kier molecular flexibility index (Phi) is 20.4. The number of carbonyl (C=O) groups is 11. The van der Waals surface area contributed by atoms with Gasteiger partial charge < -0.3 is 78.9 Å². The molecular formula is C39H51N11O18. The van der Waals surface area contributed by atoms with E-state index in [1.807, 2.05) is 5.32 Å². The minimum absolute atomic E-state index is 0.0379. The molecule has 0 fully saturated rings. The van der Waals surface area contributed by atoms with Crippen LogP contribution in [0.1, 0.15) is 74.6 Å². The Morgan fingerprint density at radius 3 is 1.35 bits per heavy atom. The molecule has 29 heteroatoms. The summed E-state index contributed by atoms with van der Waals surface area (Å²) in [7, 11) is 0.